The molecule has 2 aromatic carbocycles. The van der Waals surface area contributed by atoms with Crippen LogP contribution >= 0.6 is 0 Å². The first-order chi connectivity index (χ1) is 15.4. The standard InChI is InChI=1S/C23H23F3N4O2/c1-31-20-7-6-16(12-21(20)32-2)19-14-27-15-22(28-19)30-10-8-29(9-11-30)18-5-3-4-17(13-18)23(24,25)26/h3-7,12-15H,8-11H2,1-2H3. The zero-order valence-corrected chi connectivity index (χ0v) is 17.8. The van der Waals surface area contributed by atoms with Crippen LogP contribution in [-0.2, 0) is 6.18 Å². The lowest BCUT2D eigenvalue weighted by atomic mass is 10.1. The van der Waals surface area contributed by atoms with Gasteiger partial charge in [-0.3, -0.25) is 4.98 Å². The van der Waals surface area contributed by atoms with E-state index < -0.39 is 11.7 Å². The highest BCUT2D eigenvalue weighted by atomic mass is 19.4. The molecule has 4 rings (SSSR count). The van der Waals surface area contributed by atoms with E-state index in [0.29, 0.717) is 49.1 Å². The van der Waals surface area contributed by atoms with Gasteiger partial charge in [0.2, 0.25) is 0 Å². The summed E-state index contributed by atoms with van der Waals surface area (Å²) in [5.74, 6) is 1.96. The summed E-state index contributed by atoms with van der Waals surface area (Å²) in [6, 6.07) is 11.0. The number of rotatable bonds is 5. The van der Waals surface area contributed by atoms with Crippen LogP contribution in [0.4, 0.5) is 24.7 Å². The molecule has 1 fully saturated rings. The first-order valence-electron chi connectivity index (χ1n) is 10.1. The van der Waals surface area contributed by atoms with Crippen molar-refractivity contribution in [1.29, 1.82) is 0 Å². The van der Waals surface area contributed by atoms with E-state index in [1.807, 2.05) is 23.1 Å². The highest BCUT2D eigenvalue weighted by Crippen LogP contribution is 2.33. The predicted octanol–water partition coefficient (Wildman–Crippen LogP) is 4.51. The number of aromatic nitrogens is 2. The average Bonchev–Trinajstić information content (AvgIpc) is 2.83. The van der Waals surface area contributed by atoms with Crippen LogP contribution in [0.2, 0.25) is 0 Å². The molecule has 0 atom stereocenters. The number of alkyl halides is 3. The fourth-order valence-corrected chi connectivity index (χ4v) is 3.72. The third kappa shape index (κ3) is 4.56. The Morgan fingerprint density at radius 2 is 1.56 bits per heavy atom. The second-order valence-corrected chi connectivity index (χ2v) is 7.35. The molecule has 0 N–H and O–H groups in total. The lowest BCUT2D eigenvalue weighted by Crippen LogP contribution is -2.47. The van der Waals surface area contributed by atoms with Crippen molar-refractivity contribution in [3.8, 4) is 22.8 Å². The van der Waals surface area contributed by atoms with E-state index >= 15 is 0 Å². The van der Waals surface area contributed by atoms with Crippen molar-refractivity contribution in [3.63, 3.8) is 0 Å². The number of piperazine rings is 1. The van der Waals surface area contributed by atoms with Crippen molar-refractivity contribution in [1.82, 2.24) is 9.97 Å². The van der Waals surface area contributed by atoms with Gasteiger partial charge in [-0.25, -0.2) is 4.98 Å². The molecule has 0 saturated carbocycles. The number of ether oxygens (including phenoxy) is 2. The number of methoxy groups -OCH3 is 2. The van der Waals surface area contributed by atoms with Crippen LogP contribution in [0.1, 0.15) is 5.56 Å². The largest absolute Gasteiger partial charge is 0.493 e. The zero-order chi connectivity index (χ0) is 22.7. The Labute approximate surface area is 184 Å². The molecule has 9 heteroatoms. The van der Waals surface area contributed by atoms with Gasteiger partial charge >= 0.3 is 6.18 Å². The predicted molar refractivity (Wildman–Crippen MR) is 116 cm³/mol. The molecule has 1 aliphatic heterocycles. The Bertz CT molecular complexity index is 1080. The third-order valence-electron chi connectivity index (χ3n) is 5.44. The van der Waals surface area contributed by atoms with Crippen molar-refractivity contribution in [2.45, 2.75) is 6.18 Å². The molecule has 0 amide bonds. The van der Waals surface area contributed by atoms with Crippen molar-refractivity contribution in [3.05, 3.63) is 60.4 Å². The number of hydrogen-bond donors (Lipinski definition) is 0. The van der Waals surface area contributed by atoms with E-state index in [1.165, 1.54) is 12.1 Å². The van der Waals surface area contributed by atoms with Gasteiger partial charge in [0.05, 0.1) is 37.9 Å². The van der Waals surface area contributed by atoms with Gasteiger partial charge in [-0.1, -0.05) is 6.07 Å². The minimum Gasteiger partial charge on any atom is -0.493 e. The number of benzene rings is 2. The maximum absolute atomic E-state index is 13.0. The molecule has 1 aliphatic rings. The fraction of sp³-hybridized carbons (Fsp3) is 0.304. The van der Waals surface area contributed by atoms with Gasteiger partial charge in [-0.05, 0) is 36.4 Å². The number of halogens is 3. The molecular weight excluding hydrogens is 421 g/mol. The van der Waals surface area contributed by atoms with Gasteiger partial charge in [0.1, 0.15) is 5.82 Å². The molecule has 0 spiro atoms. The molecule has 0 radical (unpaired) electrons. The molecule has 2 heterocycles. The summed E-state index contributed by atoms with van der Waals surface area (Å²) in [7, 11) is 3.16. The zero-order valence-electron chi connectivity index (χ0n) is 17.8. The van der Waals surface area contributed by atoms with Crippen LogP contribution in [-0.4, -0.2) is 50.4 Å². The number of nitrogens with zero attached hydrogens (tertiary/aromatic N) is 4. The molecule has 168 valence electrons. The van der Waals surface area contributed by atoms with Gasteiger partial charge in [-0.15, -0.1) is 0 Å². The molecule has 1 saturated heterocycles. The summed E-state index contributed by atoms with van der Waals surface area (Å²) in [4.78, 5) is 13.1. The smallest absolute Gasteiger partial charge is 0.416 e. The van der Waals surface area contributed by atoms with E-state index in [9.17, 15) is 13.2 Å². The molecule has 0 unspecified atom stereocenters. The Kier molecular flexibility index (Phi) is 6.07. The SMILES string of the molecule is COc1ccc(-c2cncc(N3CCN(c4cccc(C(F)(F)F)c4)CC3)n2)cc1OC. The number of hydrogen-bond acceptors (Lipinski definition) is 6. The summed E-state index contributed by atoms with van der Waals surface area (Å²) in [6.07, 6.45) is -0.966. The Morgan fingerprint density at radius 3 is 2.25 bits per heavy atom. The lowest BCUT2D eigenvalue weighted by Gasteiger charge is -2.36. The monoisotopic (exact) mass is 444 g/mol. The molecule has 1 aromatic heterocycles. The summed E-state index contributed by atoms with van der Waals surface area (Å²) >= 11 is 0. The van der Waals surface area contributed by atoms with Crippen molar-refractivity contribution >= 4 is 11.5 Å². The summed E-state index contributed by atoms with van der Waals surface area (Å²) in [5, 5.41) is 0. The first-order valence-corrected chi connectivity index (χ1v) is 10.1. The van der Waals surface area contributed by atoms with E-state index in [1.54, 1.807) is 32.7 Å². The highest BCUT2D eigenvalue weighted by Gasteiger charge is 2.31. The fourth-order valence-electron chi connectivity index (χ4n) is 3.72. The molecule has 3 aromatic rings. The van der Waals surface area contributed by atoms with Crippen LogP contribution < -0.4 is 19.3 Å². The average molecular weight is 444 g/mol. The molecule has 0 aliphatic carbocycles. The Morgan fingerprint density at radius 1 is 0.844 bits per heavy atom. The summed E-state index contributed by atoms with van der Waals surface area (Å²) < 4.78 is 49.7. The molecule has 32 heavy (non-hydrogen) atoms. The van der Waals surface area contributed by atoms with E-state index in [0.717, 1.165) is 17.4 Å². The van der Waals surface area contributed by atoms with E-state index in [4.69, 9.17) is 14.5 Å². The molecule has 6 nitrogen and oxygen atoms in total. The Hall–Kier alpha value is -3.49. The lowest BCUT2D eigenvalue weighted by molar-refractivity contribution is -0.137. The van der Waals surface area contributed by atoms with Crippen LogP contribution in [0.15, 0.2) is 54.9 Å². The first kappa shape index (κ1) is 21.7. The van der Waals surface area contributed by atoms with Gasteiger partial charge in [-0.2, -0.15) is 13.2 Å². The van der Waals surface area contributed by atoms with Gasteiger partial charge in [0.25, 0.3) is 0 Å². The topological polar surface area (TPSA) is 50.7 Å². The quantitative estimate of drug-likeness (QED) is 0.577. The van der Waals surface area contributed by atoms with Crippen molar-refractivity contribution in [2.75, 3.05) is 50.2 Å². The van der Waals surface area contributed by atoms with Crippen LogP contribution in [0, 0.1) is 0 Å². The second-order valence-electron chi connectivity index (χ2n) is 7.35. The minimum atomic E-state index is -4.35. The van der Waals surface area contributed by atoms with Crippen LogP contribution in [0.5, 0.6) is 11.5 Å². The Balaban J connectivity index is 1.48. The van der Waals surface area contributed by atoms with Crippen LogP contribution in [0.3, 0.4) is 0 Å². The molecular formula is C23H23F3N4O2. The van der Waals surface area contributed by atoms with Crippen LogP contribution in [0.25, 0.3) is 11.3 Å². The normalized spacial score (nSPS) is 14.4. The van der Waals surface area contributed by atoms with E-state index in [2.05, 4.69) is 9.88 Å². The maximum atomic E-state index is 13.0. The van der Waals surface area contributed by atoms with Gasteiger partial charge < -0.3 is 19.3 Å². The second kappa shape index (κ2) is 8.94. The summed E-state index contributed by atoms with van der Waals surface area (Å²) in [5.41, 5.74) is 1.49. The van der Waals surface area contributed by atoms with Gasteiger partial charge in [0, 0.05) is 37.4 Å². The molecule has 0 bridgehead atoms. The van der Waals surface area contributed by atoms with Crippen molar-refractivity contribution < 1.29 is 22.6 Å². The maximum Gasteiger partial charge on any atom is 0.416 e. The van der Waals surface area contributed by atoms with Gasteiger partial charge in [0.15, 0.2) is 11.5 Å². The summed E-state index contributed by atoms with van der Waals surface area (Å²) in [6.45, 7) is 2.42. The van der Waals surface area contributed by atoms with E-state index in [-0.39, 0.29) is 0 Å². The highest BCUT2D eigenvalue weighted by molar-refractivity contribution is 5.65. The third-order valence-corrected chi connectivity index (χ3v) is 5.44. The minimum absolute atomic E-state index is 0.574. The van der Waals surface area contributed by atoms with Crippen molar-refractivity contribution in [2.24, 2.45) is 0 Å². The number of anilines is 2.